The number of nitrogens with zero attached hydrogens (tertiary/aromatic N) is 4. The second kappa shape index (κ2) is 7.79. The van der Waals surface area contributed by atoms with Gasteiger partial charge in [-0.1, -0.05) is 6.07 Å². The molecule has 10 heteroatoms. The van der Waals surface area contributed by atoms with Crippen LogP contribution in [0.4, 0.5) is 0 Å². The highest BCUT2D eigenvalue weighted by molar-refractivity contribution is 5.98. The van der Waals surface area contributed by atoms with Gasteiger partial charge in [0, 0.05) is 19.4 Å². The molecule has 0 aliphatic carbocycles. The number of aromatic nitrogens is 4. The number of hydrogen-bond donors (Lipinski definition) is 2. The van der Waals surface area contributed by atoms with E-state index in [0.717, 1.165) is 4.68 Å². The first-order chi connectivity index (χ1) is 13.0. The Kier molecular flexibility index (Phi) is 5.27. The van der Waals surface area contributed by atoms with Crippen molar-refractivity contribution in [2.45, 2.75) is 13.5 Å². The van der Waals surface area contributed by atoms with Crippen molar-refractivity contribution in [2.24, 2.45) is 0 Å². The predicted octanol–water partition coefficient (Wildman–Crippen LogP) is -0.0794. The van der Waals surface area contributed by atoms with E-state index in [1.54, 1.807) is 29.7 Å². The van der Waals surface area contributed by atoms with Crippen LogP contribution in [0, 0.1) is 6.92 Å². The molecule has 0 fully saturated rings. The topological polar surface area (TPSA) is 120 Å². The molecule has 3 heterocycles. The number of methoxy groups -OCH3 is 1. The average molecular weight is 370 g/mol. The Morgan fingerprint density at radius 2 is 1.93 bits per heavy atom. The zero-order valence-electron chi connectivity index (χ0n) is 14.8. The quantitative estimate of drug-likeness (QED) is 0.606. The van der Waals surface area contributed by atoms with Crippen molar-refractivity contribution in [1.29, 1.82) is 0 Å². The third-order valence-corrected chi connectivity index (χ3v) is 3.82. The fourth-order valence-electron chi connectivity index (χ4n) is 2.53. The lowest BCUT2D eigenvalue weighted by molar-refractivity contribution is 0.0838. The minimum Gasteiger partial charge on any atom is -0.383 e. The van der Waals surface area contributed by atoms with Crippen molar-refractivity contribution < 1.29 is 14.3 Å². The van der Waals surface area contributed by atoms with E-state index in [2.05, 4.69) is 20.9 Å². The largest absolute Gasteiger partial charge is 0.383 e. The lowest BCUT2D eigenvalue weighted by Gasteiger charge is -2.09. The van der Waals surface area contributed by atoms with Gasteiger partial charge in [0.25, 0.3) is 17.4 Å². The number of aryl methyl sites for hydroxylation is 1. The Bertz CT molecular complexity index is 1060. The van der Waals surface area contributed by atoms with Gasteiger partial charge in [-0.15, -0.1) is 0 Å². The van der Waals surface area contributed by atoms with Crippen LogP contribution in [0.1, 0.15) is 26.7 Å². The van der Waals surface area contributed by atoms with E-state index in [1.165, 1.54) is 19.2 Å². The molecule has 3 aromatic rings. The van der Waals surface area contributed by atoms with E-state index in [0.29, 0.717) is 17.0 Å². The summed E-state index contributed by atoms with van der Waals surface area (Å²) >= 11 is 0. The number of rotatable bonds is 5. The van der Waals surface area contributed by atoms with Crippen LogP contribution in [0.3, 0.4) is 0 Å². The molecule has 0 atom stereocenters. The number of nitrogens with one attached hydrogen (secondary N) is 2. The van der Waals surface area contributed by atoms with Crippen LogP contribution >= 0.6 is 0 Å². The number of carbonyl (C=O) groups is 2. The van der Waals surface area contributed by atoms with Gasteiger partial charge < -0.3 is 4.74 Å². The number of hydrogen-bond acceptors (Lipinski definition) is 6. The number of hydrazine groups is 1. The lowest BCUT2D eigenvalue weighted by Crippen LogP contribution is -2.43. The molecular formula is C17H18N6O4. The molecule has 0 aliphatic heterocycles. The summed E-state index contributed by atoms with van der Waals surface area (Å²) in [5.74, 6) is -1.17. The first kappa shape index (κ1) is 18.3. The van der Waals surface area contributed by atoms with Crippen molar-refractivity contribution in [2.75, 3.05) is 13.7 Å². The van der Waals surface area contributed by atoms with E-state index in [9.17, 15) is 14.4 Å². The van der Waals surface area contributed by atoms with Crippen molar-refractivity contribution >= 4 is 17.5 Å². The fourth-order valence-corrected chi connectivity index (χ4v) is 2.53. The van der Waals surface area contributed by atoms with Crippen molar-refractivity contribution in [1.82, 2.24) is 30.0 Å². The highest BCUT2D eigenvalue weighted by Gasteiger charge is 2.17. The van der Waals surface area contributed by atoms with Crippen LogP contribution in [-0.2, 0) is 11.3 Å². The average Bonchev–Trinajstić information content (AvgIpc) is 3.01. The standard InChI is InChI=1S/C17H18N6O4/c1-11-15(22-8-4-3-5-13(22)18-11)17(26)20-19-16(25)12-6-7-14(24)23(21-12)9-10-27-2/h3-8H,9-10H2,1-2H3,(H,19,25)(H,20,26). The Hall–Kier alpha value is -3.53. The molecule has 10 nitrogen and oxygen atoms in total. The normalized spacial score (nSPS) is 10.7. The Morgan fingerprint density at radius 1 is 1.15 bits per heavy atom. The maximum absolute atomic E-state index is 12.5. The van der Waals surface area contributed by atoms with E-state index in [4.69, 9.17) is 4.74 Å². The third-order valence-electron chi connectivity index (χ3n) is 3.82. The van der Waals surface area contributed by atoms with Crippen LogP contribution in [0.15, 0.2) is 41.3 Å². The van der Waals surface area contributed by atoms with Crippen molar-refractivity contribution in [3.05, 3.63) is 64.0 Å². The summed E-state index contributed by atoms with van der Waals surface area (Å²) in [5.41, 5.74) is 5.73. The molecule has 0 unspecified atom stereocenters. The summed E-state index contributed by atoms with van der Waals surface area (Å²) in [7, 11) is 1.50. The number of fused-ring (bicyclic) bond motifs is 1. The maximum atomic E-state index is 12.5. The van der Waals surface area contributed by atoms with Gasteiger partial charge in [-0.3, -0.25) is 29.6 Å². The summed E-state index contributed by atoms with van der Waals surface area (Å²) in [6.07, 6.45) is 1.71. The zero-order chi connectivity index (χ0) is 19.4. The molecule has 0 bridgehead atoms. The Morgan fingerprint density at radius 3 is 2.70 bits per heavy atom. The molecule has 2 amide bonds. The number of pyridine rings is 1. The second-order valence-corrected chi connectivity index (χ2v) is 5.66. The maximum Gasteiger partial charge on any atom is 0.290 e. The summed E-state index contributed by atoms with van der Waals surface area (Å²) in [6, 6.07) is 7.88. The van der Waals surface area contributed by atoms with E-state index < -0.39 is 11.8 Å². The lowest BCUT2D eigenvalue weighted by atomic mass is 10.3. The summed E-state index contributed by atoms with van der Waals surface area (Å²) in [4.78, 5) is 40.7. The molecule has 0 aliphatic rings. The molecule has 140 valence electrons. The molecule has 0 saturated carbocycles. The molecule has 3 rings (SSSR count). The second-order valence-electron chi connectivity index (χ2n) is 5.66. The molecule has 0 aromatic carbocycles. The SMILES string of the molecule is COCCn1nc(C(=O)NNC(=O)c2c(C)nc3ccccn23)ccc1=O. The Balaban J connectivity index is 1.72. The molecule has 0 spiro atoms. The summed E-state index contributed by atoms with van der Waals surface area (Å²) in [6.45, 7) is 2.20. The van der Waals surface area contributed by atoms with Gasteiger partial charge in [-0.2, -0.15) is 5.10 Å². The molecule has 0 radical (unpaired) electrons. The molecule has 2 N–H and O–H groups in total. The molecule has 0 saturated heterocycles. The smallest absolute Gasteiger partial charge is 0.290 e. The number of amides is 2. The van der Waals surface area contributed by atoms with E-state index in [1.807, 2.05) is 6.07 Å². The van der Waals surface area contributed by atoms with Crippen molar-refractivity contribution in [3.8, 4) is 0 Å². The van der Waals surface area contributed by atoms with E-state index in [-0.39, 0.29) is 24.4 Å². The summed E-state index contributed by atoms with van der Waals surface area (Å²) in [5, 5.41) is 3.96. The first-order valence-corrected chi connectivity index (χ1v) is 8.12. The third kappa shape index (κ3) is 3.85. The van der Waals surface area contributed by atoms with Gasteiger partial charge in [0.05, 0.1) is 18.8 Å². The number of imidazole rings is 1. The van der Waals surface area contributed by atoms with Gasteiger partial charge in [-0.05, 0) is 25.1 Å². The first-order valence-electron chi connectivity index (χ1n) is 8.12. The highest BCUT2D eigenvalue weighted by Crippen LogP contribution is 2.11. The fraction of sp³-hybridized carbons (Fsp3) is 0.235. The monoisotopic (exact) mass is 370 g/mol. The highest BCUT2D eigenvalue weighted by atomic mass is 16.5. The van der Waals surface area contributed by atoms with E-state index >= 15 is 0 Å². The van der Waals surface area contributed by atoms with Crippen LogP contribution < -0.4 is 16.4 Å². The van der Waals surface area contributed by atoms with Crippen LogP contribution in [0.5, 0.6) is 0 Å². The van der Waals surface area contributed by atoms with Gasteiger partial charge >= 0.3 is 0 Å². The van der Waals surface area contributed by atoms with Crippen LogP contribution in [0.25, 0.3) is 5.65 Å². The minimum absolute atomic E-state index is 0.0131. The minimum atomic E-state index is -0.652. The molecular weight excluding hydrogens is 352 g/mol. The van der Waals surface area contributed by atoms with Crippen LogP contribution in [-0.4, -0.2) is 44.7 Å². The summed E-state index contributed by atoms with van der Waals surface area (Å²) < 4.78 is 7.65. The van der Waals surface area contributed by atoms with Crippen LogP contribution in [0.2, 0.25) is 0 Å². The molecule has 27 heavy (non-hydrogen) atoms. The number of carbonyl (C=O) groups excluding carboxylic acids is 2. The molecule has 3 aromatic heterocycles. The predicted molar refractivity (Wildman–Crippen MR) is 95.2 cm³/mol. The van der Waals surface area contributed by atoms with Gasteiger partial charge in [0.15, 0.2) is 5.69 Å². The zero-order valence-corrected chi connectivity index (χ0v) is 14.8. The van der Waals surface area contributed by atoms with Crippen molar-refractivity contribution in [3.63, 3.8) is 0 Å². The van der Waals surface area contributed by atoms with Gasteiger partial charge in [0.1, 0.15) is 11.3 Å². The van der Waals surface area contributed by atoms with Gasteiger partial charge in [-0.25, -0.2) is 9.67 Å². The van der Waals surface area contributed by atoms with Gasteiger partial charge in [0.2, 0.25) is 0 Å². The number of ether oxygens (including phenoxy) is 1. The Labute approximate surface area is 153 Å².